The highest BCUT2D eigenvalue weighted by Gasteiger charge is 2.24. The van der Waals surface area contributed by atoms with Crippen molar-refractivity contribution in [2.45, 2.75) is 71.8 Å². The number of hydrogen-bond acceptors (Lipinski definition) is 7. The van der Waals surface area contributed by atoms with Gasteiger partial charge in [0.1, 0.15) is 16.5 Å². The number of nitrogens with zero attached hydrogens (tertiary/aromatic N) is 4. The van der Waals surface area contributed by atoms with Gasteiger partial charge in [-0.15, -0.1) is 11.3 Å². The number of amides is 1. The summed E-state index contributed by atoms with van der Waals surface area (Å²) in [4.78, 5) is 39.0. The van der Waals surface area contributed by atoms with Gasteiger partial charge in [0.2, 0.25) is 0 Å². The van der Waals surface area contributed by atoms with Crippen LogP contribution in [0.3, 0.4) is 0 Å². The fourth-order valence-electron chi connectivity index (χ4n) is 4.96. The number of morpholine rings is 1. The highest BCUT2D eigenvalue weighted by molar-refractivity contribution is 7.20. The van der Waals surface area contributed by atoms with Gasteiger partial charge in [-0.1, -0.05) is 12.5 Å². The van der Waals surface area contributed by atoms with E-state index in [2.05, 4.69) is 29.0 Å². The van der Waals surface area contributed by atoms with E-state index in [0.29, 0.717) is 28.2 Å². The molecule has 0 radical (unpaired) electrons. The fraction of sp³-hybridized carbons (Fsp3) is 0.520. The number of rotatable bonds is 4. The summed E-state index contributed by atoms with van der Waals surface area (Å²) >= 11 is 1.31. The van der Waals surface area contributed by atoms with E-state index < -0.39 is 0 Å². The van der Waals surface area contributed by atoms with Crippen LogP contribution in [-0.4, -0.2) is 45.7 Å². The first-order chi connectivity index (χ1) is 16.4. The zero-order valence-corrected chi connectivity index (χ0v) is 20.8. The van der Waals surface area contributed by atoms with Crippen LogP contribution in [0.25, 0.3) is 10.2 Å². The van der Waals surface area contributed by atoms with Crippen molar-refractivity contribution < 1.29 is 9.53 Å². The lowest BCUT2D eigenvalue weighted by Crippen LogP contribution is -2.45. The van der Waals surface area contributed by atoms with E-state index in [0.717, 1.165) is 61.5 Å². The first-order valence-corrected chi connectivity index (χ1v) is 12.9. The van der Waals surface area contributed by atoms with E-state index in [1.54, 1.807) is 4.57 Å². The van der Waals surface area contributed by atoms with E-state index in [-0.39, 0.29) is 23.7 Å². The Kier molecular flexibility index (Phi) is 6.40. The van der Waals surface area contributed by atoms with Crippen LogP contribution in [0.5, 0.6) is 0 Å². The van der Waals surface area contributed by atoms with Crippen molar-refractivity contribution in [3.63, 3.8) is 0 Å². The predicted octanol–water partition coefficient (Wildman–Crippen LogP) is 3.43. The molecule has 2 atom stereocenters. The van der Waals surface area contributed by atoms with Gasteiger partial charge in [-0.25, -0.2) is 9.97 Å². The Bertz CT molecular complexity index is 1260. The standard InChI is InChI=1S/C25H31N5O3S/c1-15-13-29(14-16(2)33-15)19-9-8-18(11-26-19)12-27-23(31)22-17(3)21-24(34-22)28-20-7-5-4-6-10-30(20)25(21)32/h8-9,11,15-16H,4-7,10,12-14H2,1-3H3,(H,27,31). The van der Waals surface area contributed by atoms with Gasteiger partial charge in [0, 0.05) is 38.8 Å². The Labute approximate surface area is 203 Å². The zero-order chi connectivity index (χ0) is 23.8. The molecule has 180 valence electrons. The van der Waals surface area contributed by atoms with Crippen LogP contribution in [0.4, 0.5) is 5.82 Å². The molecule has 0 saturated carbocycles. The van der Waals surface area contributed by atoms with Crippen LogP contribution in [0.15, 0.2) is 23.1 Å². The maximum absolute atomic E-state index is 13.1. The van der Waals surface area contributed by atoms with E-state index in [1.807, 2.05) is 25.3 Å². The first kappa shape index (κ1) is 23.0. The van der Waals surface area contributed by atoms with Crippen molar-refractivity contribution >= 4 is 33.3 Å². The van der Waals surface area contributed by atoms with E-state index >= 15 is 0 Å². The van der Waals surface area contributed by atoms with Crippen LogP contribution < -0.4 is 15.8 Å². The quantitative estimate of drug-likeness (QED) is 0.614. The van der Waals surface area contributed by atoms with Crippen LogP contribution >= 0.6 is 11.3 Å². The summed E-state index contributed by atoms with van der Waals surface area (Å²) in [7, 11) is 0. The van der Waals surface area contributed by atoms with Gasteiger partial charge < -0.3 is 15.0 Å². The largest absolute Gasteiger partial charge is 0.372 e. The Morgan fingerprint density at radius 1 is 1.21 bits per heavy atom. The number of pyridine rings is 1. The minimum absolute atomic E-state index is 0.0127. The summed E-state index contributed by atoms with van der Waals surface area (Å²) in [5.74, 6) is 1.59. The van der Waals surface area contributed by atoms with Crippen molar-refractivity contribution in [3.05, 3.63) is 50.5 Å². The normalized spacial score (nSPS) is 20.7. The topological polar surface area (TPSA) is 89.3 Å². The number of nitrogens with one attached hydrogen (secondary N) is 1. The minimum atomic E-state index is -0.181. The second-order valence-electron chi connectivity index (χ2n) is 9.40. The molecule has 1 amide bonds. The molecule has 2 unspecified atom stereocenters. The Balaban J connectivity index is 1.30. The lowest BCUT2D eigenvalue weighted by molar-refractivity contribution is -0.00546. The molecule has 0 aliphatic carbocycles. The van der Waals surface area contributed by atoms with Gasteiger partial charge in [0.05, 0.1) is 22.5 Å². The highest BCUT2D eigenvalue weighted by atomic mass is 32.1. The molecule has 1 fully saturated rings. The number of aromatic nitrogens is 3. The lowest BCUT2D eigenvalue weighted by Gasteiger charge is -2.36. The summed E-state index contributed by atoms with van der Waals surface area (Å²) in [6.45, 7) is 8.71. The average Bonchev–Trinajstić information content (AvgIpc) is 2.98. The molecule has 0 spiro atoms. The SMILES string of the molecule is Cc1c(C(=O)NCc2ccc(N3CC(C)OC(C)C3)nc2)sc2nc3n(c(=O)c12)CCCCC3. The van der Waals surface area contributed by atoms with Gasteiger partial charge in [-0.05, 0) is 50.8 Å². The smallest absolute Gasteiger partial charge is 0.262 e. The summed E-state index contributed by atoms with van der Waals surface area (Å²) < 4.78 is 7.61. The number of carbonyl (C=O) groups excluding carboxylic acids is 1. The molecule has 2 aliphatic heterocycles. The Hall–Kier alpha value is -2.78. The third-order valence-corrected chi connectivity index (χ3v) is 7.81. The maximum atomic E-state index is 13.1. The molecule has 3 aromatic rings. The summed E-state index contributed by atoms with van der Waals surface area (Å²) in [5.41, 5.74) is 1.63. The van der Waals surface area contributed by atoms with Gasteiger partial charge in [0.15, 0.2) is 0 Å². The minimum Gasteiger partial charge on any atom is -0.372 e. The number of ether oxygens (including phenoxy) is 1. The van der Waals surface area contributed by atoms with Crippen molar-refractivity contribution in [1.29, 1.82) is 0 Å². The van der Waals surface area contributed by atoms with Gasteiger partial charge in [-0.2, -0.15) is 0 Å². The number of fused-ring (bicyclic) bond motifs is 2. The maximum Gasteiger partial charge on any atom is 0.262 e. The van der Waals surface area contributed by atoms with Gasteiger partial charge >= 0.3 is 0 Å². The van der Waals surface area contributed by atoms with Crippen molar-refractivity contribution in [2.24, 2.45) is 0 Å². The van der Waals surface area contributed by atoms with Crippen LogP contribution in [-0.2, 0) is 24.2 Å². The molecule has 3 aromatic heterocycles. The second-order valence-corrected chi connectivity index (χ2v) is 10.4. The van der Waals surface area contributed by atoms with Crippen LogP contribution in [0, 0.1) is 6.92 Å². The number of carbonyl (C=O) groups is 1. The second kappa shape index (κ2) is 9.46. The summed E-state index contributed by atoms with van der Waals surface area (Å²) in [6, 6.07) is 3.99. The number of hydrogen-bond donors (Lipinski definition) is 1. The third kappa shape index (κ3) is 4.46. The van der Waals surface area contributed by atoms with Crippen molar-refractivity contribution in [3.8, 4) is 0 Å². The van der Waals surface area contributed by atoms with Crippen LogP contribution in [0.2, 0.25) is 0 Å². The number of anilines is 1. The highest BCUT2D eigenvalue weighted by Crippen LogP contribution is 2.28. The van der Waals surface area contributed by atoms with Crippen molar-refractivity contribution in [1.82, 2.24) is 19.9 Å². The molecule has 5 heterocycles. The lowest BCUT2D eigenvalue weighted by atomic mass is 10.2. The molecule has 9 heteroatoms. The summed E-state index contributed by atoms with van der Waals surface area (Å²) in [5, 5.41) is 3.57. The van der Waals surface area contributed by atoms with Crippen molar-refractivity contribution in [2.75, 3.05) is 18.0 Å². The average molecular weight is 482 g/mol. The Morgan fingerprint density at radius 2 is 2.00 bits per heavy atom. The number of thiophene rings is 1. The van der Waals surface area contributed by atoms with E-state index in [4.69, 9.17) is 9.72 Å². The van der Waals surface area contributed by atoms with Gasteiger partial charge in [-0.3, -0.25) is 14.2 Å². The van der Waals surface area contributed by atoms with E-state index in [9.17, 15) is 9.59 Å². The van der Waals surface area contributed by atoms with E-state index in [1.165, 1.54) is 11.3 Å². The zero-order valence-electron chi connectivity index (χ0n) is 20.0. The Morgan fingerprint density at radius 3 is 2.74 bits per heavy atom. The molecule has 34 heavy (non-hydrogen) atoms. The predicted molar refractivity (Wildman–Crippen MR) is 134 cm³/mol. The number of aryl methyl sites for hydroxylation is 2. The molecule has 0 aromatic carbocycles. The summed E-state index contributed by atoms with van der Waals surface area (Å²) in [6.07, 6.45) is 6.12. The fourth-order valence-corrected chi connectivity index (χ4v) is 6.07. The monoisotopic (exact) mass is 481 g/mol. The van der Waals surface area contributed by atoms with Gasteiger partial charge in [0.25, 0.3) is 11.5 Å². The molecule has 0 bridgehead atoms. The molecule has 1 saturated heterocycles. The first-order valence-electron chi connectivity index (χ1n) is 12.1. The molecule has 1 N–H and O–H groups in total. The molecule has 5 rings (SSSR count). The molecule has 2 aliphatic rings. The molecular formula is C25H31N5O3S. The molecule has 8 nitrogen and oxygen atoms in total. The third-order valence-electron chi connectivity index (χ3n) is 6.62. The molecular weight excluding hydrogens is 450 g/mol. The van der Waals surface area contributed by atoms with Crippen LogP contribution in [0.1, 0.15) is 59.7 Å².